The van der Waals surface area contributed by atoms with Crippen molar-refractivity contribution in [2.75, 3.05) is 16.0 Å². The van der Waals surface area contributed by atoms with Crippen LogP contribution in [0, 0.1) is 6.92 Å². The molecule has 5 heteroatoms. The molecule has 0 aromatic heterocycles. The summed E-state index contributed by atoms with van der Waals surface area (Å²) in [6.45, 7) is 2.03. The zero-order valence-electron chi connectivity index (χ0n) is 17.6. The Labute approximate surface area is 191 Å². The number of anilines is 2. The van der Waals surface area contributed by atoms with E-state index in [1.54, 1.807) is 11.8 Å². The van der Waals surface area contributed by atoms with E-state index in [0.717, 1.165) is 33.3 Å². The van der Waals surface area contributed by atoms with Crippen LogP contribution < -0.4 is 10.2 Å². The van der Waals surface area contributed by atoms with Crippen molar-refractivity contribution < 1.29 is 9.59 Å². The van der Waals surface area contributed by atoms with Crippen LogP contribution in [-0.2, 0) is 4.79 Å². The summed E-state index contributed by atoms with van der Waals surface area (Å²) in [7, 11) is 0. The Morgan fingerprint density at radius 2 is 1.62 bits per heavy atom. The van der Waals surface area contributed by atoms with Gasteiger partial charge in [0.1, 0.15) is 5.37 Å². The van der Waals surface area contributed by atoms with Crippen LogP contribution in [0.2, 0.25) is 0 Å². The summed E-state index contributed by atoms with van der Waals surface area (Å²) in [5, 5.41) is 5.04. The molecule has 1 fully saturated rings. The van der Waals surface area contributed by atoms with Gasteiger partial charge >= 0.3 is 0 Å². The summed E-state index contributed by atoms with van der Waals surface area (Å²) < 4.78 is 0. The van der Waals surface area contributed by atoms with Crippen molar-refractivity contribution in [3.63, 3.8) is 0 Å². The molecule has 1 heterocycles. The zero-order chi connectivity index (χ0) is 22.1. The van der Waals surface area contributed by atoms with Gasteiger partial charge in [-0.15, -0.1) is 11.8 Å². The fourth-order valence-electron chi connectivity index (χ4n) is 3.92. The van der Waals surface area contributed by atoms with E-state index in [1.165, 1.54) is 0 Å². The van der Waals surface area contributed by atoms with Gasteiger partial charge in [0, 0.05) is 16.9 Å². The number of nitrogens with one attached hydrogen (secondary N) is 1. The number of carbonyl (C=O) groups is 2. The minimum absolute atomic E-state index is 0.0737. The largest absolute Gasteiger partial charge is 0.322 e. The second kappa shape index (κ2) is 8.52. The maximum absolute atomic E-state index is 12.7. The number of fused-ring (bicyclic) bond motifs is 1. The topological polar surface area (TPSA) is 49.4 Å². The van der Waals surface area contributed by atoms with Gasteiger partial charge in [-0.25, -0.2) is 0 Å². The molecule has 5 rings (SSSR count). The minimum atomic E-state index is -0.143. The van der Waals surface area contributed by atoms with Gasteiger partial charge in [0.05, 0.1) is 5.75 Å². The average Bonchev–Trinajstić information content (AvgIpc) is 3.21. The molecule has 32 heavy (non-hydrogen) atoms. The minimum Gasteiger partial charge on any atom is -0.322 e. The van der Waals surface area contributed by atoms with E-state index in [0.29, 0.717) is 11.3 Å². The second-order valence-electron chi connectivity index (χ2n) is 7.90. The molecule has 0 radical (unpaired) electrons. The maximum Gasteiger partial charge on any atom is 0.255 e. The molecule has 0 aliphatic carbocycles. The fraction of sp³-hybridized carbons (Fsp3) is 0.111. The number of carbonyl (C=O) groups excluding carboxylic acids is 2. The summed E-state index contributed by atoms with van der Waals surface area (Å²) in [4.78, 5) is 27.1. The lowest BCUT2D eigenvalue weighted by Gasteiger charge is -2.24. The van der Waals surface area contributed by atoms with Crippen LogP contribution in [0.25, 0.3) is 10.8 Å². The Bertz CT molecular complexity index is 1300. The van der Waals surface area contributed by atoms with Crippen molar-refractivity contribution in [1.82, 2.24) is 0 Å². The number of nitrogens with zero attached hydrogens (tertiary/aromatic N) is 1. The SMILES string of the molecule is Cc1ccc(N2C(=O)CS[C@H]2c2ccc(NC(=O)c3ccc4ccccc4c3)cc2)cc1. The number of amides is 2. The molecular weight excluding hydrogens is 416 g/mol. The number of hydrogen-bond donors (Lipinski definition) is 1. The molecule has 1 aliphatic heterocycles. The molecule has 1 N–H and O–H groups in total. The third-order valence-corrected chi connectivity index (χ3v) is 6.86. The van der Waals surface area contributed by atoms with Crippen molar-refractivity contribution in [3.8, 4) is 0 Å². The van der Waals surface area contributed by atoms with Crippen molar-refractivity contribution in [2.24, 2.45) is 0 Å². The summed E-state index contributed by atoms with van der Waals surface area (Å²) in [5.41, 5.74) is 4.45. The molecule has 0 bridgehead atoms. The summed E-state index contributed by atoms with van der Waals surface area (Å²) in [6.07, 6.45) is 0. The first-order valence-electron chi connectivity index (χ1n) is 10.5. The molecule has 1 aliphatic rings. The Morgan fingerprint density at radius 3 is 2.38 bits per heavy atom. The van der Waals surface area contributed by atoms with Crippen LogP contribution >= 0.6 is 11.8 Å². The number of thioether (sulfide) groups is 1. The van der Waals surface area contributed by atoms with Crippen LogP contribution in [0.15, 0.2) is 91.0 Å². The monoisotopic (exact) mass is 438 g/mol. The van der Waals surface area contributed by atoms with Crippen molar-refractivity contribution in [3.05, 3.63) is 108 Å². The molecule has 0 saturated carbocycles. The number of hydrogen-bond acceptors (Lipinski definition) is 3. The molecular formula is C27H22N2O2S. The quantitative estimate of drug-likeness (QED) is 0.414. The summed E-state index contributed by atoms with van der Waals surface area (Å²) in [6, 6.07) is 29.5. The van der Waals surface area contributed by atoms with Gasteiger partial charge in [0.25, 0.3) is 5.91 Å². The Kier molecular flexibility index (Phi) is 5.41. The van der Waals surface area contributed by atoms with E-state index in [-0.39, 0.29) is 17.2 Å². The normalized spacial score (nSPS) is 15.8. The van der Waals surface area contributed by atoms with Gasteiger partial charge in [-0.05, 0) is 59.7 Å². The highest BCUT2D eigenvalue weighted by Gasteiger charge is 2.33. The molecule has 4 aromatic rings. The Balaban J connectivity index is 1.33. The van der Waals surface area contributed by atoms with E-state index in [1.807, 2.05) is 103 Å². The predicted octanol–water partition coefficient (Wildman–Crippen LogP) is 6.18. The van der Waals surface area contributed by atoms with Crippen LogP contribution in [0.5, 0.6) is 0 Å². The molecule has 1 saturated heterocycles. The average molecular weight is 439 g/mol. The van der Waals surface area contributed by atoms with E-state index in [4.69, 9.17) is 0 Å². The number of rotatable bonds is 4. The first kappa shape index (κ1) is 20.3. The fourth-order valence-corrected chi connectivity index (χ4v) is 5.10. The van der Waals surface area contributed by atoms with Crippen LogP contribution in [-0.4, -0.2) is 17.6 Å². The van der Waals surface area contributed by atoms with Crippen molar-refractivity contribution in [1.29, 1.82) is 0 Å². The highest BCUT2D eigenvalue weighted by atomic mass is 32.2. The van der Waals surface area contributed by atoms with Crippen molar-refractivity contribution >= 4 is 45.7 Å². The second-order valence-corrected chi connectivity index (χ2v) is 8.97. The lowest BCUT2D eigenvalue weighted by atomic mass is 10.1. The van der Waals surface area contributed by atoms with Gasteiger partial charge in [0.2, 0.25) is 5.91 Å². The van der Waals surface area contributed by atoms with Crippen LogP contribution in [0.1, 0.15) is 26.9 Å². The Morgan fingerprint density at radius 1 is 0.906 bits per heavy atom. The standard InChI is InChI=1S/C27H22N2O2S/c1-18-6-14-24(15-7-18)29-25(30)17-32-27(29)20-10-12-23(13-11-20)28-26(31)22-9-8-19-4-2-3-5-21(19)16-22/h2-16,27H,17H2,1H3,(H,28,31)/t27-/m0/s1. The number of aryl methyl sites for hydroxylation is 1. The third kappa shape index (κ3) is 3.99. The third-order valence-electron chi connectivity index (χ3n) is 5.65. The van der Waals surface area contributed by atoms with Gasteiger partial charge < -0.3 is 5.32 Å². The predicted molar refractivity (Wildman–Crippen MR) is 132 cm³/mol. The van der Waals surface area contributed by atoms with Gasteiger partial charge in [0.15, 0.2) is 0 Å². The van der Waals surface area contributed by atoms with E-state index < -0.39 is 0 Å². The molecule has 2 amide bonds. The highest BCUT2D eigenvalue weighted by molar-refractivity contribution is 8.00. The van der Waals surface area contributed by atoms with E-state index in [9.17, 15) is 9.59 Å². The zero-order valence-corrected chi connectivity index (χ0v) is 18.4. The van der Waals surface area contributed by atoms with Crippen LogP contribution in [0.4, 0.5) is 11.4 Å². The van der Waals surface area contributed by atoms with Gasteiger partial charge in [-0.3, -0.25) is 14.5 Å². The van der Waals surface area contributed by atoms with Crippen LogP contribution in [0.3, 0.4) is 0 Å². The maximum atomic E-state index is 12.7. The smallest absolute Gasteiger partial charge is 0.255 e. The van der Waals surface area contributed by atoms with E-state index in [2.05, 4.69) is 5.32 Å². The molecule has 4 nitrogen and oxygen atoms in total. The first-order chi connectivity index (χ1) is 15.6. The summed E-state index contributed by atoms with van der Waals surface area (Å²) >= 11 is 1.62. The molecule has 0 unspecified atom stereocenters. The van der Waals surface area contributed by atoms with Crippen molar-refractivity contribution in [2.45, 2.75) is 12.3 Å². The Hall–Kier alpha value is -3.57. The summed E-state index contributed by atoms with van der Waals surface area (Å²) in [5.74, 6) is 0.423. The first-order valence-corrected chi connectivity index (χ1v) is 11.5. The molecule has 158 valence electrons. The molecule has 0 spiro atoms. The van der Waals surface area contributed by atoms with Gasteiger partial charge in [-0.1, -0.05) is 60.2 Å². The molecule has 4 aromatic carbocycles. The van der Waals surface area contributed by atoms with E-state index >= 15 is 0 Å². The lowest BCUT2D eigenvalue weighted by molar-refractivity contribution is -0.115. The lowest BCUT2D eigenvalue weighted by Crippen LogP contribution is -2.27. The molecule has 1 atom stereocenters. The highest BCUT2D eigenvalue weighted by Crippen LogP contribution is 2.42. The number of benzene rings is 4. The van der Waals surface area contributed by atoms with Gasteiger partial charge in [-0.2, -0.15) is 0 Å².